The number of esters is 2. The van der Waals surface area contributed by atoms with E-state index >= 15 is 0 Å². The van der Waals surface area contributed by atoms with Gasteiger partial charge in [-0.05, 0) is 81.8 Å². The second-order valence-electron chi connectivity index (χ2n) is 11.4. The van der Waals surface area contributed by atoms with Crippen molar-refractivity contribution >= 4 is 11.9 Å². The molecule has 0 unspecified atom stereocenters. The van der Waals surface area contributed by atoms with Crippen LogP contribution < -0.4 is 9.47 Å². The average Bonchev–Trinajstić information content (AvgIpc) is 3.56. The van der Waals surface area contributed by atoms with Gasteiger partial charge >= 0.3 is 11.9 Å². The standard InChI is InChI=1S/C28H37NO9/c1-26(2,32)8-9-28(33,15-22(30)35-4)25(31)38-24-21(34-3)14-27-7-5-10-29(27)11-6-17-12-19-20(37-16-36-19)13-18(17)23(24)27/h12-14,23-24,32-33H,5-11,15-16H2,1-4H3/t23-,24-,27-,28-/m0/s1. The minimum atomic E-state index is -2.18. The van der Waals surface area contributed by atoms with E-state index in [0.29, 0.717) is 17.3 Å². The van der Waals surface area contributed by atoms with Gasteiger partial charge in [-0.1, -0.05) is 0 Å². The third kappa shape index (κ3) is 4.63. The highest BCUT2D eigenvalue weighted by molar-refractivity contribution is 5.86. The summed E-state index contributed by atoms with van der Waals surface area (Å²) in [5, 5.41) is 21.7. The number of aliphatic hydroxyl groups is 2. The van der Waals surface area contributed by atoms with Gasteiger partial charge < -0.3 is 33.9 Å². The Bertz CT molecular complexity index is 1140. The Balaban J connectivity index is 1.53. The van der Waals surface area contributed by atoms with E-state index in [1.165, 1.54) is 7.11 Å². The zero-order valence-electron chi connectivity index (χ0n) is 22.5. The predicted molar refractivity (Wildman–Crippen MR) is 135 cm³/mol. The highest BCUT2D eigenvalue weighted by Crippen LogP contribution is 2.55. The quantitative estimate of drug-likeness (QED) is 0.483. The molecule has 3 heterocycles. The smallest absolute Gasteiger partial charge is 0.339 e. The maximum Gasteiger partial charge on any atom is 0.339 e. The summed E-state index contributed by atoms with van der Waals surface area (Å²) in [5.74, 6) is -0.163. The third-order valence-corrected chi connectivity index (χ3v) is 8.39. The molecule has 38 heavy (non-hydrogen) atoms. The SMILES string of the molecule is COC(=O)C[C@@](O)(CCC(C)(C)O)C(=O)O[C@H]1C(OC)=C[C@]23CCCN2CCc2cc4c(cc2[C@@H]13)OCO4. The number of methoxy groups -OCH3 is 2. The van der Waals surface area contributed by atoms with E-state index < -0.39 is 41.2 Å². The first-order valence-corrected chi connectivity index (χ1v) is 13.2. The van der Waals surface area contributed by atoms with Crippen molar-refractivity contribution in [3.8, 4) is 11.5 Å². The van der Waals surface area contributed by atoms with Crippen LogP contribution in [0.5, 0.6) is 11.5 Å². The van der Waals surface area contributed by atoms with Crippen LogP contribution in [0, 0.1) is 0 Å². The highest BCUT2D eigenvalue weighted by atomic mass is 16.7. The summed E-state index contributed by atoms with van der Waals surface area (Å²) in [7, 11) is 2.74. The number of hydrogen-bond acceptors (Lipinski definition) is 10. The monoisotopic (exact) mass is 531 g/mol. The number of nitrogens with zero attached hydrogens (tertiary/aromatic N) is 1. The van der Waals surface area contributed by atoms with E-state index in [1.807, 2.05) is 12.1 Å². The Morgan fingerprint density at radius 2 is 1.87 bits per heavy atom. The molecule has 1 aromatic rings. The molecule has 1 aliphatic carbocycles. The number of benzene rings is 1. The number of rotatable bonds is 8. The maximum atomic E-state index is 13.7. The average molecular weight is 532 g/mol. The number of carbonyl (C=O) groups is 2. The maximum absolute atomic E-state index is 13.7. The summed E-state index contributed by atoms with van der Waals surface area (Å²) in [6.07, 6.45) is 3.18. The van der Waals surface area contributed by atoms with Crippen molar-refractivity contribution in [1.82, 2.24) is 4.90 Å². The van der Waals surface area contributed by atoms with Crippen molar-refractivity contribution in [2.24, 2.45) is 0 Å². The van der Waals surface area contributed by atoms with Crippen LogP contribution >= 0.6 is 0 Å². The first-order chi connectivity index (χ1) is 18.0. The number of carbonyl (C=O) groups excluding carboxylic acids is 2. The molecule has 0 saturated carbocycles. The van der Waals surface area contributed by atoms with Crippen LogP contribution in [-0.4, -0.2) is 84.0 Å². The lowest BCUT2D eigenvalue weighted by Gasteiger charge is -2.39. The van der Waals surface area contributed by atoms with Gasteiger partial charge in [-0.3, -0.25) is 9.69 Å². The van der Waals surface area contributed by atoms with Gasteiger partial charge in [0.15, 0.2) is 23.2 Å². The van der Waals surface area contributed by atoms with Crippen LogP contribution in [0.1, 0.15) is 63.0 Å². The fraction of sp³-hybridized carbons (Fsp3) is 0.643. The Morgan fingerprint density at radius 1 is 1.13 bits per heavy atom. The Morgan fingerprint density at radius 3 is 2.55 bits per heavy atom. The summed E-state index contributed by atoms with van der Waals surface area (Å²) in [5.41, 5.74) is -1.69. The normalized spacial score (nSPS) is 27.4. The van der Waals surface area contributed by atoms with E-state index in [9.17, 15) is 19.8 Å². The fourth-order valence-electron chi connectivity index (χ4n) is 6.41. The molecule has 0 amide bonds. The molecule has 0 aromatic heterocycles. The Labute approximate surface area is 222 Å². The van der Waals surface area contributed by atoms with Gasteiger partial charge in [0.2, 0.25) is 6.79 Å². The highest BCUT2D eigenvalue weighted by Gasteiger charge is 2.59. The summed E-state index contributed by atoms with van der Waals surface area (Å²) in [4.78, 5) is 28.3. The summed E-state index contributed by atoms with van der Waals surface area (Å²) in [6.45, 7) is 5.04. The van der Waals surface area contributed by atoms with E-state index in [0.717, 1.165) is 43.5 Å². The molecule has 208 valence electrons. The summed E-state index contributed by atoms with van der Waals surface area (Å²) in [6, 6.07) is 3.99. The van der Waals surface area contributed by atoms with Crippen molar-refractivity contribution in [2.45, 2.75) is 81.1 Å². The molecule has 4 atom stereocenters. The van der Waals surface area contributed by atoms with Crippen LogP contribution in [0.25, 0.3) is 0 Å². The van der Waals surface area contributed by atoms with Crippen molar-refractivity contribution in [1.29, 1.82) is 0 Å². The van der Waals surface area contributed by atoms with Crippen molar-refractivity contribution in [3.05, 3.63) is 35.1 Å². The lowest BCUT2D eigenvalue weighted by Crippen LogP contribution is -2.49. The van der Waals surface area contributed by atoms with Crippen LogP contribution in [0.15, 0.2) is 24.0 Å². The molecule has 1 saturated heterocycles. The second kappa shape index (κ2) is 9.73. The molecule has 4 aliphatic rings. The molecular weight excluding hydrogens is 494 g/mol. The Hall–Kier alpha value is -2.82. The number of fused-ring (bicyclic) bond motifs is 3. The molecule has 10 nitrogen and oxygen atoms in total. The van der Waals surface area contributed by atoms with Gasteiger partial charge in [0.1, 0.15) is 5.76 Å². The first-order valence-electron chi connectivity index (χ1n) is 13.2. The minimum Gasteiger partial charge on any atom is -0.497 e. The van der Waals surface area contributed by atoms with Gasteiger partial charge in [0.05, 0.1) is 37.7 Å². The molecule has 2 N–H and O–H groups in total. The van der Waals surface area contributed by atoms with Crippen LogP contribution in [0.4, 0.5) is 0 Å². The van der Waals surface area contributed by atoms with Crippen LogP contribution in [-0.2, 0) is 30.2 Å². The van der Waals surface area contributed by atoms with E-state index in [-0.39, 0.29) is 25.6 Å². The zero-order valence-corrected chi connectivity index (χ0v) is 22.5. The topological polar surface area (TPSA) is 124 Å². The molecule has 1 aromatic carbocycles. The van der Waals surface area contributed by atoms with E-state index in [1.54, 1.807) is 21.0 Å². The number of ether oxygens (including phenoxy) is 5. The third-order valence-electron chi connectivity index (χ3n) is 8.39. The molecule has 3 aliphatic heterocycles. The van der Waals surface area contributed by atoms with Crippen molar-refractivity contribution in [2.75, 3.05) is 34.1 Å². The summed E-state index contributed by atoms with van der Waals surface area (Å²) < 4.78 is 28.0. The van der Waals surface area contributed by atoms with Gasteiger partial charge in [-0.15, -0.1) is 0 Å². The summed E-state index contributed by atoms with van der Waals surface area (Å²) >= 11 is 0. The van der Waals surface area contributed by atoms with Crippen molar-refractivity contribution < 1.29 is 43.5 Å². The fourth-order valence-corrected chi connectivity index (χ4v) is 6.41. The van der Waals surface area contributed by atoms with Gasteiger partial charge in [0, 0.05) is 6.54 Å². The second-order valence-corrected chi connectivity index (χ2v) is 11.4. The molecular formula is C28H37NO9. The lowest BCUT2D eigenvalue weighted by molar-refractivity contribution is -0.179. The number of hydrogen-bond donors (Lipinski definition) is 2. The molecule has 10 heteroatoms. The van der Waals surface area contributed by atoms with E-state index in [4.69, 9.17) is 23.7 Å². The lowest BCUT2D eigenvalue weighted by atomic mass is 9.77. The van der Waals surface area contributed by atoms with Gasteiger partial charge in [-0.2, -0.15) is 0 Å². The van der Waals surface area contributed by atoms with Gasteiger partial charge in [-0.25, -0.2) is 4.79 Å². The van der Waals surface area contributed by atoms with Crippen LogP contribution in [0.2, 0.25) is 0 Å². The molecule has 1 spiro atoms. The molecule has 0 radical (unpaired) electrons. The molecule has 5 rings (SSSR count). The van der Waals surface area contributed by atoms with E-state index in [2.05, 4.69) is 11.0 Å². The van der Waals surface area contributed by atoms with Gasteiger partial charge in [0.25, 0.3) is 0 Å². The largest absolute Gasteiger partial charge is 0.497 e. The molecule has 1 fully saturated rings. The minimum absolute atomic E-state index is 0.0701. The zero-order chi connectivity index (χ0) is 27.3. The molecule has 0 bridgehead atoms. The van der Waals surface area contributed by atoms with Crippen LogP contribution in [0.3, 0.4) is 0 Å². The Kier molecular flexibility index (Phi) is 6.86. The first kappa shape index (κ1) is 26.8. The van der Waals surface area contributed by atoms with Crippen molar-refractivity contribution in [3.63, 3.8) is 0 Å². The predicted octanol–water partition coefficient (Wildman–Crippen LogP) is 2.19.